The van der Waals surface area contributed by atoms with Gasteiger partial charge in [-0.3, -0.25) is 4.90 Å². The maximum absolute atomic E-state index is 14.8. The van der Waals surface area contributed by atoms with Gasteiger partial charge in [-0.05, 0) is 88.4 Å². The first-order chi connectivity index (χ1) is 20.1. The minimum atomic E-state index is -1.28. The highest BCUT2D eigenvalue weighted by molar-refractivity contribution is 6.30. The summed E-state index contributed by atoms with van der Waals surface area (Å²) in [6, 6.07) is 15.5. The van der Waals surface area contributed by atoms with Crippen LogP contribution in [0.5, 0.6) is 11.5 Å². The van der Waals surface area contributed by atoms with Crippen LogP contribution in [-0.4, -0.2) is 64.2 Å². The number of benzene rings is 3. The van der Waals surface area contributed by atoms with E-state index in [1.165, 1.54) is 6.07 Å². The Morgan fingerprint density at radius 2 is 1.93 bits per heavy atom. The Morgan fingerprint density at radius 3 is 2.64 bits per heavy atom. The van der Waals surface area contributed by atoms with E-state index in [4.69, 9.17) is 26.1 Å². The number of carboxylic acid groups (broad SMARTS) is 1. The summed E-state index contributed by atoms with van der Waals surface area (Å²) in [4.78, 5) is 21.0. The summed E-state index contributed by atoms with van der Waals surface area (Å²) in [7, 11) is 4.05. The maximum Gasteiger partial charge on any atom is 0.335 e. The van der Waals surface area contributed by atoms with Crippen molar-refractivity contribution in [3.8, 4) is 11.5 Å². The van der Waals surface area contributed by atoms with Crippen molar-refractivity contribution in [2.24, 2.45) is 0 Å². The second kappa shape index (κ2) is 11.2. The number of para-hydroxylation sites is 1. The fourth-order valence-electron chi connectivity index (χ4n) is 6.01. The van der Waals surface area contributed by atoms with Crippen molar-refractivity contribution in [1.82, 2.24) is 19.4 Å². The molecule has 2 aliphatic rings. The zero-order valence-electron chi connectivity index (χ0n) is 23.9. The molecule has 1 unspecified atom stereocenters. The molecule has 10 heteroatoms. The van der Waals surface area contributed by atoms with E-state index in [1.807, 2.05) is 26.2 Å². The van der Waals surface area contributed by atoms with Gasteiger partial charge in [0.15, 0.2) is 11.5 Å². The number of likely N-dealkylation sites (N-methyl/N-ethyl adjacent to an activating group) is 1. The highest BCUT2D eigenvalue weighted by Crippen LogP contribution is 2.49. The fraction of sp³-hybridized carbons (Fsp3) is 0.375. The Bertz CT molecular complexity index is 1650. The maximum atomic E-state index is 14.8. The fourth-order valence-corrected chi connectivity index (χ4v) is 6.17. The number of halogens is 2. The summed E-state index contributed by atoms with van der Waals surface area (Å²) >= 11 is 5.97. The van der Waals surface area contributed by atoms with Crippen LogP contribution < -0.4 is 9.47 Å². The molecule has 0 amide bonds. The van der Waals surface area contributed by atoms with E-state index in [9.17, 15) is 14.3 Å². The summed E-state index contributed by atoms with van der Waals surface area (Å²) in [6.45, 7) is 5.69. The Kier molecular flexibility index (Phi) is 7.59. The van der Waals surface area contributed by atoms with Gasteiger partial charge in [0.25, 0.3) is 5.79 Å². The average molecular weight is 593 g/mol. The summed E-state index contributed by atoms with van der Waals surface area (Å²) in [5.74, 6) is -0.201. The molecule has 3 heterocycles. The van der Waals surface area contributed by atoms with Gasteiger partial charge in [-0.2, -0.15) is 0 Å². The van der Waals surface area contributed by atoms with Crippen molar-refractivity contribution in [1.29, 1.82) is 0 Å². The van der Waals surface area contributed by atoms with Crippen LogP contribution in [0.1, 0.15) is 53.0 Å². The van der Waals surface area contributed by atoms with Crippen LogP contribution in [0.2, 0.25) is 5.02 Å². The molecule has 220 valence electrons. The van der Waals surface area contributed by atoms with Crippen LogP contribution in [0.25, 0.3) is 11.0 Å². The minimum Gasteiger partial charge on any atom is -0.478 e. The van der Waals surface area contributed by atoms with E-state index in [1.54, 1.807) is 37.3 Å². The Labute approximate surface area is 249 Å². The molecule has 4 aromatic rings. The van der Waals surface area contributed by atoms with Gasteiger partial charge in [-0.15, -0.1) is 0 Å². The van der Waals surface area contributed by atoms with Crippen molar-refractivity contribution in [3.63, 3.8) is 0 Å². The zero-order chi connectivity index (χ0) is 29.6. The normalized spacial score (nSPS) is 19.2. The number of piperidine rings is 1. The van der Waals surface area contributed by atoms with Gasteiger partial charge in [0, 0.05) is 30.6 Å². The van der Waals surface area contributed by atoms with Crippen molar-refractivity contribution < 1.29 is 23.8 Å². The van der Waals surface area contributed by atoms with E-state index < -0.39 is 17.6 Å². The van der Waals surface area contributed by atoms with E-state index >= 15 is 0 Å². The second-order valence-electron chi connectivity index (χ2n) is 11.5. The number of aromatic carboxylic acids is 1. The smallest absolute Gasteiger partial charge is 0.335 e. The summed E-state index contributed by atoms with van der Waals surface area (Å²) < 4.78 is 29.5. The van der Waals surface area contributed by atoms with Crippen molar-refractivity contribution in [3.05, 3.63) is 88.0 Å². The Balaban J connectivity index is 1.18. The molecular formula is C32H34ClFN4O4. The van der Waals surface area contributed by atoms with Gasteiger partial charge in [-0.1, -0.05) is 23.7 Å². The molecule has 42 heavy (non-hydrogen) atoms. The topological polar surface area (TPSA) is 80.1 Å². The molecule has 0 bridgehead atoms. The van der Waals surface area contributed by atoms with E-state index in [-0.39, 0.29) is 11.5 Å². The van der Waals surface area contributed by atoms with Crippen LogP contribution in [-0.2, 0) is 18.9 Å². The van der Waals surface area contributed by atoms with Gasteiger partial charge < -0.3 is 24.0 Å². The van der Waals surface area contributed by atoms with Crippen LogP contribution in [0.15, 0.2) is 54.6 Å². The van der Waals surface area contributed by atoms with E-state index in [0.29, 0.717) is 28.6 Å². The van der Waals surface area contributed by atoms with Gasteiger partial charge in [0.1, 0.15) is 11.6 Å². The lowest BCUT2D eigenvalue weighted by Crippen LogP contribution is -2.34. The molecule has 6 rings (SSSR count). The van der Waals surface area contributed by atoms with Crippen LogP contribution in [0.4, 0.5) is 4.39 Å². The van der Waals surface area contributed by atoms with Gasteiger partial charge >= 0.3 is 5.97 Å². The summed E-state index contributed by atoms with van der Waals surface area (Å²) in [5.41, 5.74) is 3.29. The number of aromatic nitrogens is 2. The number of ether oxygens (including phenoxy) is 2. The molecule has 8 nitrogen and oxygen atoms in total. The predicted molar refractivity (Wildman–Crippen MR) is 159 cm³/mol. The Morgan fingerprint density at radius 1 is 1.14 bits per heavy atom. The number of hydrogen-bond donors (Lipinski definition) is 1. The third kappa shape index (κ3) is 5.44. The summed E-state index contributed by atoms with van der Waals surface area (Å²) in [5, 5.41) is 9.84. The molecule has 0 spiro atoms. The van der Waals surface area contributed by atoms with E-state index in [2.05, 4.69) is 20.4 Å². The van der Waals surface area contributed by atoms with Gasteiger partial charge in [0.05, 0.1) is 28.7 Å². The second-order valence-corrected chi connectivity index (χ2v) is 11.9. The molecule has 3 aromatic carbocycles. The number of rotatable bonds is 8. The van der Waals surface area contributed by atoms with Crippen LogP contribution in [0, 0.1) is 5.82 Å². The first kappa shape index (κ1) is 28.5. The third-order valence-corrected chi connectivity index (χ3v) is 8.50. The van der Waals surface area contributed by atoms with Gasteiger partial charge in [0.2, 0.25) is 0 Å². The standard InChI is InChI=1S/C32H34ClFN4O4/c1-32(24-9-8-22(33)18-25(24)34)41-28-6-4-5-23(30(28)42-32)20-11-13-37(14-12-20)19-29-35-26-10-7-21(31(39)40)17-27(26)38(29)16-15-36(2)3/h4-10,17-18,20H,11-16,19H2,1-3H3,(H,39,40). The number of fused-ring (bicyclic) bond motifs is 2. The molecule has 1 N–H and O–H groups in total. The molecule has 1 atom stereocenters. The predicted octanol–water partition coefficient (Wildman–Crippen LogP) is 6.11. The van der Waals surface area contributed by atoms with Crippen molar-refractivity contribution in [2.45, 2.75) is 44.6 Å². The number of hydrogen-bond acceptors (Lipinski definition) is 6. The quantitative estimate of drug-likeness (QED) is 0.264. The van der Waals surface area contributed by atoms with Gasteiger partial charge in [-0.25, -0.2) is 14.2 Å². The summed E-state index contributed by atoms with van der Waals surface area (Å²) in [6.07, 6.45) is 1.85. The third-order valence-electron chi connectivity index (χ3n) is 8.27. The molecule has 1 aromatic heterocycles. The van der Waals surface area contributed by atoms with Crippen molar-refractivity contribution >= 4 is 28.6 Å². The molecule has 0 radical (unpaired) electrons. The average Bonchev–Trinajstić information content (AvgIpc) is 3.48. The first-order valence-electron chi connectivity index (χ1n) is 14.2. The highest BCUT2D eigenvalue weighted by atomic mass is 35.5. The first-order valence-corrected chi connectivity index (χ1v) is 14.5. The molecule has 0 saturated carbocycles. The Hall–Kier alpha value is -3.66. The molecule has 1 saturated heterocycles. The van der Waals surface area contributed by atoms with Crippen molar-refractivity contribution in [2.75, 3.05) is 33.7 Å². The lowest BCUT2D eigenvalue weighted by molar-refractivity contribution is -0.0712. The monoisotopic (exact) mass is 592 g/mol. The van der Waals surface area contributed by atoms with Crippen LogP contribution >= 0.6 is 11.6 Å². The number of nitrogens with zero attached hydrogens (tertiary/aromatic N) is 4. The lowest BCUT2D eigenvalue weighted by atomic mass is 9.88. The zero-order valence-corrected chi connectivity index (χ0v) is 24.7. The number of carboxylic acids is 1. The minimum absolute atomic E-state index is 0.261. The highest BCUT2D eigenvalue weighted by Gasteiger charge is 2.43. The SMILES string of the molecule is CN(C)CCn1c(CN2CCC(c3cccc4c3OC(C)(c3ccc(Cl)cc3F)O4)CC2)nc2ccc(C(=O)O)cc21. The molecule has 2 aliphatic heterocycles. The number of carbonyl (C=O) groups is 1. The largest absolute Gasteiger partial charge is 0.478 e. The molecule has 0 aliphatic carbocycles. The number of imidazole rings is 1. The molecular weight excluding hydrogens is 559 g/mol. The number of likely N-dealkylation sites (tertiary alicyclic amines) is 1. The van der Waals surface area contributed by atoms with Crippen LogP contribution in [0.3, 0.4) is 0 Å². The molecule has 1 fully saturated rings. The lowest BCUT2D eigenvalue weighted by Gasteiger charge is -2.32. The van der Waals surface area contributed by atoms with E-state index in [0.717, 1.165) is 61.4 Å².